The van der Waals surface area contributed by atoms with E-state index in [1.54, 1.807) is 13.8 Å². The molecule has 3 rings (SSSR count). The summed E-state index contributed by atoms with van der Waals surface area (Å²) >= 11 is 0. The number of H-pyrrole nitrogens is 1. The lowest BCUT2D eigenvalue weighted by Crippen LogP contribution is -2.38. The van der Waals surface area contributed by atoms with Gasteiger partial charge in [0.1, 0.15) is 24.1 Å². The van der Waals surface area contributed by atoms with E-state index in [0.29, 0.717) is 24.8 Å². The Balaban J connectivity index is 1.89. The van der Waals surface area contributed by atoms with Crippen molar-refractivity contribution < 1.29 is 24.1 Å². The van der Waals surface area contributed by atoms with Crippen LogP contribution in [0.2, 0.25) is 0 Å². The van der Waals surface area contributed by atoms with Crippen molar-refractivity contribution in [2.75, 3.05) is 6.61 Å². The number of Topliss-reactive ketones (excluding diaryl/α,β-unsaturated/α-hetero) is 1. The summed E-state index contributed by atoms with van der Waals surface area (Å²) in [4.78, 5) is 37.7. The van der Waals surface area contributed by atoms with Crippen LogP contribution in [-0.4, -0.2) is 51.1 Å². The summed E-state index contributed by atoms with van der Waals surface area (Å²) < 4.78 is 18.7. The molecule has 3 heterocycles. The first kappa shape index (κ1) is 19.0. The van der Waals surface area contributed by atoms with Gasteiger partial charge in [0.15, 0.2) is 12.0 Å². The molecule has 9 nitrogen and oxygen atoms in total. The molecule has 0 aromatic carbocycles. The Hall–Kier alpha value is -1.81. The quantitative estimate of drug-likeness (QED) is 0.717. The van der Waals surface area contributed by atoms with E-state index in [9.17, 15) is 19.5 Å². The maximum absolute atomic E-state index is 12.3. The molecule has 144 valence electrons. The molecule has 2 aliphatic heterocycles. The number of aromatic amines is 1. The molecule has 9 heteroatoms. The fourth-order valence-electron chi connectivity index (χ4n) is 3.45. The minimum Gasteiger partial charge on any atom is -0.394 e. The number of ketones is 1. The van der Waals surface area contributed by atoms with E-state index in [4.69, 9.17) is 14.2 Å². The van der Waals surface area contributed by atoms with Crippen molar-refractivity contribution in [3.05, 3.63) is 32.6 Å². The zero-order chi connectivity index (χ0) is 19.1. The van der Waals surface area contributed by atoms with E-state index in [0.717, 1.165) is 0 Å². The summed E-state index contributed by atoms with van der Waals surface area (Å²) in [5.41, 5.74) is -0.718. The SMILES string of the molecule is CC(=O)CCCc1cn(C2OC(CO)C3OC(C)(C)OC32)c(=O)[nH]c1=O. The fraction of sp³-hybridized carbons (Fsp3) is 0.706. The van der Waals surface area contributed by atoms with Crippen molar-refractivity contribution in [1.29, 1.82) is 0 Å². The van der Waals surface area contributed by atoms with Crippen molar-refractivity contribution in [3.63, 3.8) is 0 Å². The molecule has 4 unspecified atom stereocenters. The molecule has 2 aliphatic rings. The van der Waals surface area contributed by atoms with Crippen LogP contribution in [0.15, 0.2) is 15.8 Å². The van der Waals surface area contributed by atoms with Crippen LogP contribution in [0.3, 0.4) is 0 Å². The maximum atomic E-state index is 12.3. The van der Waals surface area contributed by atoms with Gasteiger partial charge in [-0.2, -0.15) is 0 Å². The van der Waals surface area contributed by atoms with Gasteiger partial charge in [-0.05, 0) is 33.6 Å². The summed E-state index contributed by atoms with van der Waals surface area (Å²) in [6, 6.07) is 0. The zero-order valence-electron chi connectivity index (χ0n) is 15.1. The minimum absolute atomic E-state index is 0.0428. The van der Waals surface area contributed by atoms with Gasteiger partial charge in [-0.25, -0.2) is 4.79 Å². The van der Waals surface area contributed by atoms with Gasteiger partial charge in [0.2, 0.25) is 0 Å². The molecular weight excluding hydrogens is 344 g/mol. The molecular formula is C17H24N2O7. The molecule has 0 aliphatic carbocycles. The third kappa shape index (κ3) is 3.66. The number of aryl methyl sites for hydroxylation is 1. The zero-order valence-corrected chi connectivity index (χ0v) is 15.1. The standard InChI is InChI=1S/C17H24N2O7/c1-9(21)5-4-6-10-7-19(16(23)18-14(10)22)15-13-12(11(8-20)24-15)25-17(2,3)26-13/h7,11-13,15,20H,4-6,8H2,1-3H3,(H,18,22,23). The highest BCUT2D eigenvalue weighted by atomic mass is 16.8. The lowest BCUT2D eigenvalue weighted by atomic mass is 10.1. The van der Waals surface area contributed by atoms with Crippen molar-refractivity contribution in [1.82, 2.24) is 9.55 Å². The van der Waals surface area contributed by atoms with Crippen molar-refractivity contribution in [3.8, 4) is 0 Å². The summed E-state index contributed by atoms with van der Waals surface area (Å²) in [5, 5.41) is 9.55. The second kappa shape index (κ2) is 7.07. The van der Waals surface area contributed by atoms with Crippen LogP contribution in [0.1, 0.15) is 45.4 Å². The first-order valence-corrected chi connectivity index (χ1v) is 8.67. The lowest BCUT2D eigenvalue weighted by molar-refractivity contribution is -0.200. The number of carbonyl (C=O) groups is 1. The van der Waals surface area contributed by atoms with Crippen LogP contribution < -0.4 is 11.2 Å². The average Bonchev–Trinajstić information content (AvgIpc) is 3.02. The predicted molar refractivity (Wildman–Crippen MR) is 89.8 cm³/mol. The molecule has 2 fully saturated rings. The fourth-order valence-corrected chi connectivity index (χ4v) is 3.45. The molecule has 1 aromatic heterocycles. The van der Waals surface area contributed by atoms with Crippen molar-refractivity contribution in [2.45, 2.75) is 70.4 Å². The molecule has 2 saturated heterocycles. The third-order valence-corrected chi connectivity index (χ3v) is 4.60. The number of carbonyl (C=O) groups excluding carboxylic acids is 1. The number of nitrogens with zero attached hydrogens (tertiary/aromatic N) is 1. The van der Waals surface area contributed by atoms with E-state index in [1.807, 2.05) is 0 Å². The number of aromatic nitrogens is 2. The van der Waals surface area contributed by atoms with E-state index in [-0.39, 0.29) is 12.4 Å². The van der Waals surface area contributed by atoms with Gasteiger partial charge in [-0.15, -0.1) is 0 Å². The minimum atomic E-state index is -0.860. The smallest absolute Gasteiger partial charge is 0.330 e. The topological polar surface area (TPSA) is 120 Å². The number of hydrogen-bond acceptors (Lipinski definition) is 7. The summed E-state index contributed by atoms with van der Waals surface area (Å²) in [5.74, 6) is -0.817. The van der Waals surface area contributed by atoms with Crippen LogP contribution in [0, 0.1) is 0 Å². The van der Waals surface area contributed by atoms with E-state index < -0.39 is 41.6 Å². The van der Waals surface area contributed by atoms with Crippen LogP contribution in [-0.2, 0) is 25.4 Å². The van der Waals surface area contributed by atoms with E-state index in [2.05, 4.69) is 4.98 Å². The Morgan fingerprint density at radius 3 is 2.65 bits per heavy atom. The lowest BCUT2D eigenvalue weighted by Gasteiger charge is -2.24. The largest absolute Gasteiger partial charge is 0.394 e. The second-order valence-electron chi connectivity index (χ2n) is 7.19. The van der Waals surface area contributed by atoms with Crippen molar-refractivity contribution in [2.24, 2.45) is 0 Å². The van der Waals surface area contributed by atoms with E-state index in [1.165, 1.54) is 17.7 Å². The van der Waals surface area contributed by atoms with Crippen LogP contribution in [0.4, 0.5) is 0 Å². The second-order valence-corrected chi connectivity index (χ2v) is 7.19. The predicted octanol–water partition coefficient (Wildman–Crippen LogP) is -0.142. The number of aliphatic hydroxyl groups excluding tert-OH is 1. The molecule has 0 bridgehead atoms. The number of rotatable bonds is 6. The Morgan fingerprint density at radius 1 is 1.31 bits per heavy atom. The molecule has 0 radical (unpaired) electrons. The summed E-state index contributed by atoms with van der Waals surface area (Å²) in [6.45, 7) is 4.71. The molecule has 0 spiro atoms. The first-order valence-electron chi connectivity index (χ1n) is 8.67. The Bertz CT molecular complexity index is 797. The highest BCUT2D eigenvalue weighted by Crippen LogP contribution is 2.42. The number of aliphatic hydroxyl groups is 1. The normalized spacial score (nSPS) is 29.7. The summed E-state index contributed by atoms with van der Waals surface area (Å²) in [7, 11) is 0. The van der Waals surface area contributed by atoms with Gasteiger partial charge >= 0.3 is 5.69 Å². The van der Waals surface area contributed by atoms with E-state index >= 15 is 0 Å². The van der Waals surface area contributed by atoms with Gasteiger partial charge < -0.3 is 24.1 Å². The highest BCUT2D eigenvalue weighted by Gasteiger charge is 2.55. The first-order chi connectivity index (χ1) is 12.2. The van der Waals surface area contributed by atoms with Crippen LogP contribution in [0.25, 0.3) is 0 Å². The van der Waals surface area contributed by atoms with Gasteiger partial charge in [0.25, 0.3) is 5.56 Å². The Kier molecular flexibility index (Phi) is 5.16. The molecule has 1 aromatic rings. The third-order valence-electron chi connectivity index (χ3n) is 4.60. The molecule has 0 saturated carbocycles. The molecule has 4 atom stereocenters. The van der Waals surface area contributed by atoms with Gasteiger partial charge in [-0.1, -0.05) is 0 Å². The van der Waals surface area contributed by atoms with Gasteiger partial charge in [0.05, 0.1) is 6.61 Å². The van der Waals surface area contributed by atoms with Crippen LogP contribution >= 0.6 is 0 Å². The van der Waals surface area contributed by atoms with Gasteiger partial charge in [-0.3, -0.25) is 14.3 Å². The highest BCUT2D eigenvalue weighted by molar-refractivity contribution is 5.75. The van der Waals surface area contributed by atoms with Crippen molar-refractivity contribution >= 4 is 5.78 Å². The molecule has 26 heavy (non-hydrogen) atoms. The number of ether oxygens (including phenoxy) is 3. The maximum Gasteiger partial charge on any atom is 0.330 e. The average molecular weight is 368 g/mol. The Morgan fingerprint density at radius 2 is 2.00 bits per heavy atom. The molecule has 2 N–H and O–H groups in total. The number of nitrogens with one attached hydrogen (secondary N) is 1. The Labute approximate surface area is 149 Å². The number of hydrogen-bond donors (Lipinski definition) is 2. The van der Waals surface area contributed by atoms with Crippen LogP contribution in [0.5, 0.6) is 0 Å². The van der Waals surface area contributed by atoms with Gasteiger partial charge in [0, 0.05) is 18.2 Å². The summed E-state index contributed by atoms with van der Waals surface area (Å²) in [6.07, 6.45) is 0.123. The molecule has 0 amide bonds. The monoisotopic (exact) mass is 368 g/mol. The number of fused-ring (bicyclic) bond motifs is 1.